The molecule has 4 rings (SSSR count). The number of nitrogens with two attached hydrogens (primary N) is 1. The van der Waals surface area contributed by atoms with E-state index in [1.54, 1.807) is 30.5 Å². The van der Waals surface area contributed by atoms with Crippen LogP contribution >= 0.6 is 12.6 Å². The molecule has 9 N–H and O–H groups in total. The number of H-pyrrole nitrogens is 1. The maximum absolute atomic E-state index is 13.6. The van der Waals surface area contributed by atoms with E-state index in [2.05, 4.69) is 33.6 Å². The Morgan fingerprint density at radius 2 is 1.24 bits per heavy atom. The highest BCUT2D eigenvalue weighted by Crippen LogP contribution is 2.20. The van der Waals surface area contributed by atoms with Crippen molar-refractivity contribution in [3.63, 3.8) is 0 Å². The highest BCUT2D eigenvalue weighted by atomic mass is 32.1. The van der Waals surface area contributed by atoms with Gasteiger partial charge in [-0.2, -0.15) is 12.6 Å². The molecule has 0 saturated heterocycles. The molecule has 1 heterocycles. The van der Waals surface area contributed by atoms with Gasteiger partial charge in [0.25, 0.3) is 0 Å². The predicted octanol–water partition coefficient (Wildman–Crippen LogP) is 1.40. The van der Waals surface area contributed by atoms with Gasteiger partial charge in [0.2, 0.25) is 17.7 Å². The molecule has 0 saturated carbocycles. The van der Waals surface area contributed by atoms with Crippen LogP contribution in [0.1, 0.15) is 16.7 Å². The summed E-state index contributed by atoms with van der Waals surface area (Å²) < 4.78 is 0. The number of aromatic hydroxyl groups is 2. The second kappa shape index (κ2) is 15.1. The van der Waals surface area contributed by atoms with Gasteiger partial charge in [-0.05, 0) is 53.4 Å². The standard InChI is InChI=1S/C32H35N5O7S/c33-24(13-18-5-9-21(38)10-6-18)29(40)35-26(15-20-16-34-25-4-2-1-3-23(20)25)30(41)37-28(17-45)31(42)36-27(32(43)44)14-19-7-11-22(39)12-8-19/h1-12,16,24,26-28,34,38-39,45H,13-15,17,33H2,(H,35,40)(H,36,42)(H,37,41)(H,43,44). The summed E-state index contributed by atoms with van der Waals surface area (Å²) in [6.45, 7) is 0. The zero-order valence-electron chi connectivity index (χ0n) is 24.1. The van der Waals surface area contributed by atoms with Crippen LogP contribution < -0.4 is 21.7 Å². The molecule has 0 aliphatic heterocycles. The molecule has 0 aliphatic carbocycles. The van der Waals surface area contributed by atoms with Crippen molar-refractivity contribution in [1.82, 2.24) is 20.9 Å². The van der Waals surface area contributed by atoms with E-state index in [4.69, 9.17) is 5.73 Å². The molecule has 3 aromatic carbocycles. The molecule has 13 heteroatoms. The van der Waals surface area contributed by atoms with Crippen molar-refractivity contribution < 1.29 is 34.5 Å². The molecule has 0 bridgehead atoms. The molecule has 0 spiro atoms. The largest absolute Gasteiger partial charge is 0.508 e. The lowest BCUT2D eigenvalue weighted by Gasteiger charge is -2.24. The number of aromatic nitrogens is 1. The quantitative estimate of drug-likeness (QED) is 0.0926. The molecule has 4 unspecified atom stereocenters. The second-order valence-corrected chi connectivity index (χ2v) is 11.0. The van der Waals surface area contributed by atoms with Crippen molar-refractivity contribution in [2.24, 2.45) is 5.73 Å². The number of aliphatic carboxylic acids is 1. The first kappa shape index (κ1) is 32.9. The molecule has 4 atom stereocenters. The zero-order chi connectivity index (χ0) is 32.5. The number of carboxylic acid groups (broad SMARTS) is 1. The van der Waals surface area contributed by atoms with E-state index in [0.717, 1.165) is 16.5 Å². The van der Waals surface area contributed by atoms with Gasteiger partial charge in [-0.15, -0.1) is 0 Å². The van der Waals surface area contributed by atoms with Crippen LogP contribution in [0.2, 0.25) is 0 Å². The van der Waals surface area contributed by atoms with Gasteiger partial charge < -0.3 is 42.0 Å². The van der Waals surface area contributed by atoms with E-state index in [0.29, 0.717) is 11.1 Å². The van der Waals surface area contributed by atoms with E-state index in [9.17, 15) is 34.5 Å². The fourth-order valence-electron chi connectivity index (χ4n) is 4.79. The molecule has 3 amide bonds. The summed E-state index contributed by atoms with van der Waals surface area (Å²) in [5.74, 6) is -3.41. The van der Waals surface area contributed by atoms with Crippen molar-refractivity contribution in [2.75, 3.05) is 5.75 Å². The van der Waals surface area contributed by atoms with Gasteiger partial charge in [-0.3, -0.25) is 14.4 Å². The van der Waals surface area contributed by atoms with Crippen LogP contribution in [0.5, 0.6) is 11.5 Å². The van der Waals surface area contributed by atoms with Crippen LogP contribution in [0.25, 0.3) is 10.9 Å². The number of phenolic OH excluding ortho intramolecular Hbond substituents is 2. The molecule has 1 aromatic heterocycles. The minimum Gasteiger partial charge on any atom is -0.508 e. The first-order chi connectivity index (χ1) is 21.5. The zero-order valence-corrected chi connectivity index (χ0v) is 25.0. The predicted molar refractivity (Wildman–Crippen MR) is 171 cm³/mol. The van der Waals surface area contributed by atoms with Crippen LogP contribution in [-0.2, 0) is 38.4 Å². The lowest BCUT2D eigenvalue weighted by Crippen LogP contribution is -2.58. The van der Waals surface area contributed by atoms with Crippen molar-refractivity contribution in [3.05, 3.63) is 95.7 Å². The number of rotatable bonds is 14. The van der Waals surface area contributed by atoms with Gasteiger partial charge in [0.1, 0.15) is 29.6 Å². The van der Waals surface area contributed by atoms with E-state index in [-0.39, 0.29) is 36.5 Å². The fourth-order valence-corrected chi connectivity index (χ4v) is 5.05. The Balaban J connectivity index is 1.49. The van der Waals surface area contributed by atoms with Gasteiger partial charge in [-0.25, -0.2) is 4.79 Å². The number of para-hydroxylation sites is 1. The van der Waals surface area contributed by atoms with Crippen molar-refractivity contribution in [1.29, 1.82) is 0 Å². The number of amides is 3. The number of carbonyl (C=O) groups excluding carboxylic acids is 3. The number of thiol groups is 1. The van der Waals surface area contributed by atoms with E-state index < -0.39 is 47.9 Å². The molecular weight excluding hydrogens is 598 g/mol. The smallest absolute Gasteiger partial charge is 0.326 e. The average molecular weight is 634 g/mol. The maximum atomic E-state index is 13.6. The summed E-state index contributed by atoms with van der Waals surface area (Å²) in [5.41, 5.74) is 9.02. The number of phenols is 2. The Morgan fingerprint density at radius 1 is 0.711 bits per heavy atom. The van der Waals surface area contributed by atoms with Crippen LogP contribution in [0.3, 0.4) is 0 Å². The number of fused-ring (bicyclic) bond motifs is 1. The molecule has 45 heavy (non-hydrogen) atoms. The topological polar surface area (TPSA) is 207 Å². The van der Waals surface area contributed by atoms with Gasteiger partial charge in [-0.1, -0.05) is 42.5 Å². The third-order valence-corrected chi connectivity index (χ3v) is 7.63. The lowest BCUT2D eigenvalue weighted by atomic mass is 10.0. The van der Waals surface area contributed by atoms with Crippen LogP contribution in [0.4, 0.5) is 0 Å². The number of benzene rings is 3. The Bertz CT molecular complexity index is 1640. The van der Waals surface area contributed by atoms with E-state index in [1.807, 2.05) is 24.3 Å². The summed E-state index contributed by atoms with van der Waals surface area (Å²) in [6.07, 6.45) is 1.88. The first-order valence-corrected chi connectivity index (χ1v) is 14.8. The number of nitrogens with one attached hydrogen (secondary N) is 4. The summed E-state index contributed by atoms with van der Waals surface area (Å²) in [4.78, 5) is 55.0. The highest BCUT2D eigenvalue weighted by Gasteiger charge is 2.30. The first-order valence-electron chi connectivity index (χ1n) is 14.1. The number of aromatic amines is 1. The number of hydrogen-bond acceptors (Lipinski definition) is 8. The minimum absolute atomic E-state index is 0.0168. The Labute approximate surface area is 264 Å². The minimum atomic E-state index is -1.32. The Kier molecular flexibility index (Phi) is 11.1. The third-order valence-electron chi connectivity index (χ3n) is 7.27. The summed E-state index contributed by atoms with van der Waals surface area (Å²) >= 11 is 4.20. The molecule has 0 aliphatic rings. The number of carbonyl (C=O) groups is 4. The van der Waals surface area contributed by atoms with Crippen molar-refractivity contribution in [2.45, 2.75) is 43.4 Å². The summed E-state index contributed by atoms with van der Waals surface area (Å²) in [5, 5.41) is 37.3. The Morgan fingerprint density at radius 3 is 1.84 bits per heavy atom. The molecule has 12 nitrogen and oxygen atoms in total. The second-order valence-electron chi connectivity index (χ2n) is 10.6. The molecule has 4 aromatic rings. The van der Waals surface area contributed by atoms with Gasteiger partial charge >= 0.3 is 5.97 Å². The van der Waals surface area contributed by atoms with Gasteiger partial charge in [0.05, 0.1) is 6.04 Å². The van der Waals surface area contributed by atoms with Crippen LogP contribution in [0, 0.1) is 0 Å². The SMILES string of the molecule is NC(Cc1ccc(O)cc1)C(=O)NC(Cc1c[nH]c2ccccc12)C(=O)NC(CS)C(=O)NC(Cc1ccc(O)cc1)C(=O)O. The number of hydrogen-bond donors (Lipinski definition) is 9. The maximum Gasteiger partial charge on any atom is 0.326 e. The monoisotopic (exact) mass is 633 g/mol. The fraction of sp³-hybridized carbons (Fsp3) is 0.250. The van der Waals surface area contributed by atoms with Gasteiger partial charge in [0.15, 0.2) is 0 Å². The molecular formula is C32H35N5O7S. The van der Waals surface area contributed by atoms with E-state index in [1.165, 1.54) is 24.3 Å². The highest BCUT2D eigenvalue weighted by molar-refractivity contribution is 7.80. The molecule has 236 valence electrons. The third kappa shape index (κ3) is 9.00. The van der Waals surface area contributed by atoms with Gasteiger partial charge in [0, 0.05) is 35.7 Å². The number of carboxylic acids is 1. The summed E-state index contributed by atoms with van der Waals surface area (Å²) in [6, 6.07) is 14.9. The average Bonchev–Trinajstić information content (AvgIpc) is 3.43. The van der Waals surface area contributed by atoms with Crippen molar-refractivity contribution in [3.8, 4) is 11.5 Å². The molecule has 0 radical (unpaired) electrons. The van der Waals surface area contributed by atoms with Crippen LogP contribution in [-0.4, -0.2) is 73.9 Å². The lowest BCUT2D eigenvalue weighted by molar-refractivity contribution is -0.142. The van der Waals surface area contributed by atoms with E-state index >= 15 is 0 Å². The van der Waals surface area contributed by atoms with Crippen molar-refractivity contribution >= 4 is 47.2 Å². The summed E-state index contributed by atoms with van der Waals surface area (Å²) in [7, 11) is 0. The molecule has 0 fully saturated rings. The Hall–Kier alpha value is -5.01. The normalized spacial score (nSPS) is 13.7. The van der Waals surface area contributed by atoms with Crippen LogP contribution in [0.15, 0.2) is 79.0 Å².